The number of hydrogen-bond donors (Lipinski definition) is 1. The molecule has 5 nitrogen and oxygen atoms in total. The second kappa shape index (κ2) is 8.39. The van der Waals surface area contributed by atoms with E-state index in [1.54, 1.807) is 36.4 Å². The summed E-state index contributed by atoms with van der Waals surface area (Å²) in [6, 6.07) is 15.2. The molecule has 142 valence electrons. The molecule has 1 saturated heterocycles. The number of ether oxygens (including phenoxy) is 1. The second-order valence-electron chi connectivity index (χ2n) is 6.27. The number of benzene rings is 2. The number of rotatable bonds is 7. The number of nitrogens with zero attached hydrogens (tertiary/aromatic N) is 1. The number of carbonyl (C=O) groups is 2. The highest BCUT2D eigenvalue weighted by molar-refractivity contribution is 6.46. The van der Waals surface area contributed by atoms with Crippen LogP contribution < -0.4 is 4.74 Å². The topological polar surface area (TPSA) is 66.8 Å². The lowest BCUT2D eigenvalue weighted by molar-refractivity contribution is -0.139. The quantitative estimate of drug-likeness (QED) is 0.345. The molecule has 1 N–H and O–H groups in total. The third kappa shape index (κ3) is 3.60. The summed E-state index contributed by atoms with van der Waals surface area (Å²) in [6.45, 7) is 7.84. The summed E-state index contributed by atoms with van der Waals surface area (Å²) in [5.74, 6) is -0.960. The van der Waals surface area contributed by atoms with E-state index in [4.69, 9.17) is 4.74 Å². The Bertz CT molecular complexity index is 929. The van der Waals surface area contributed by atoms with Gasteiger partial charge in [0.05, 0.1) is 11.6 Å². The minimum atomic E-state index is -0.708. The molecule has 0 aliphatic carbocycles. The van der Waals surface area contributed by atoms with Crippen LogP contribution in [0.1, 0.15) is 17.2 Å². The Balaban J connectivity index is 2.07. The zero-order valence-corrected chi connectivity index (χ0v) is 15.4. The maximum absolute atomic E-state index is 12.7. The van der Waals surface area contributed by atoms with Crippen molar-refractivity contribution in [3.05, 3.63) is 96.6 Å². The van der Waals surface area contributed by atoms with Gasteiger partial charge in [-0.2, -0.15) is 0 Å². The van der Waals surface area contributed by atoms with Gasteiger partial charge < -0.3 is 14.7 Å². The maximum atomic E-state index is 12.7. The van der Waals surface area contributed by atoms with Crippen molar-refractivity contribution in [2.45, 2.75) is 6.04 Å². The molecule has 0 bridgehead atoms. The Morgan fingerprint density at radius 2 is 1.71 bits per heavy atom. The molecular formula is C23H21NO4. The van der Waals surface area contributed by atoms with E-state index in [-0.39, 0.29) is 17.9 Å². The van der Waals surface area contributed by atoms with Crippen LogP contribution in [0, 0.1) is 0 Å². The zero-order chi connectivity index (χ0) is 20.1. The molecule has 1 aliphatic heterocycles. The van der Waals surface area contributed by atoms with Gasteiger partial charge >= 0.3 is 0 Å². The zero-order valence-electron chi connectivity index (χ0n) is 15.4. The largest absolute Gasteiger partial charge is 0.507 e. The number of amides is 1. The number of hydrogen-bond acceptors (Lipinski definition) is 4. The predicted octanol–water partition coefficient (Wildman–Crippen LogP) is 3.86. The third-order valence-corrected chi connectivity index (χ3v) is 4.48. The first-order chi connectivity index (χ1) is 13.6. The van der Waals surface area contributed by atoms with E-state index in [2.05, 4.69) is 13.2 Å². The van der Waals surface area contributed by atoms with Crippen LogP contribution in [0.5, 0.6) is 5.75 Å². The molecule has 1 aliphatic rings. The van der Waals surface area contributed by atoms with E-state index < -0.39 is 17.7 Å². The van der Waals surface area contributed by atoms with E-state index >= 15 is 0 Å². The molecule has 0 spiro atoms. The van der Waals surface area contributed by atoms with E-state index in [0.29, 0.717) is 17.9 Å². The van der Waals surface area contributed by atoms with Crippen molar-refractivity contribution in [2.24, 2.45) is 0 Å². The van der Waals surface area contributed by atoms with Gasteiger partial charge in [-0.05, 0) is 29.8 Å². The molecule has 1 atom stereocenters. The van der Waals surface area contributed by atoms with Crippen LogP contribution in [0.2, 0.25) is 0 Å². The summed E-state index contributed by atoms with van der Waals surface area (Å²) >= 11 is 0. The lowest BCUT2D eigenvalue weighted by Gasteiger charge is -2.24. The van der Waals surface area contributed by atoms with Crippen molar-refractivity contribution in [3.8, 4) is 5.75 Å². The second-order valence-corrected chi connectivity index (χ2v) is 6.27. The molecule has 1 amide bonds. The van der Waals surface area contributed by atoms with Gasteiger partial charge in [-0.25, -0.2) is 0 Å². The lowest BCUT2D eigenvalue weighted by atomic mass is 9.95. The molecule has 0 aromatic heterocycles. The summed E-state index contributed by atoms with van der Waals surface area (Å²) in [6.07, 6.45) is 3.20. The summed E-state index contributed by atoms with van der Waals surface area (Å²) in [4.78, 5) is 26.7. The highest BCUT2D eigenvalue weighted by Gasteiger charge is 2.45. The molecule has 0 saturated carbocycles. The van der Waals surface area contributed by atoms with E-state index in [9.17, 15) is 14.7 Å². The number of Topliss-reactive ketones (excluding diaryl/α,β-unsaturated/α-hetero) is 1. The normalized spacial score (nSPS) is 18.1. The fourth-order valence-corrected chi connectivity index (χ4v) is 3.21. The van der Waals surface area contributed by atoms with Gasteiger partial charge in [-0.1, -0.05) is 49.1 Å². The van der Waals surface area contributed by atoms with Gasteiger partial charge in [-0.3, -0.25) is 9.59 Å². The van der Waals surface area contributed by atoms with Crippen molar-refractivity contribution >= 4 is 17.4 Å². The van der Waals surface area contributed by atoms with Gasteiger partial charge in [-0.15, -0.1) is 6.58 Å². The van der Waals surface area contributed by atoms with Gasteiger partial charge in [0.2, 0.25) is 0 Å². The maximum Gasteiger partial charge on any atom is 0.295 e. The van der Waals surface area contributed by atoms with Crippen LogP contribution in [0.4, 0.5) is 0 Å². The van der Waals surface area contributed by atoms with Crippen LogP contribution in [0.25, 0.3) is 5.76 Å². The minimum absolute atomic E-state index is 0.0674. The first-order valence-corrected chi connectivity index (χ1v) is 8.87. The van der Waals surface area contributed by atoms with Crippen molar-refractivity contribution in [2.75, 3.05) is 13.2 Å². The average Bonchev–Trinajstić information content (AvgIpc) is 2.98. The Hall–Kier alpha value is -3.60. The monoisotopic (exact) mass is 375 g/mol. The van der Waals surface area contributed by atoms with E-state index in [1.165, 1.54) is 4.90 Å². The summed E-state index contributed by atoms with van der Waals surface area (Å²) in [5, 5.41) is 10.9. The Morgan fingerprint density at radius 1 is 1.04 bits per heavy atom. The summed E-state index contributed by atoms with van der Waals surface area (Å²) in [5.41, 5.74) is 1.25. The fraction of sp³-hybridized carbons (Fsp3) is 0.130. The molecular weight excluding hydrogens is 354 g/mol. The Labute approximate surface area is 163 Å². The third-order valence-electron chi connectivity index (χ3n) is 4.48. The fourth-order valence-electron chi connectivity index (χ4n) is 3.21. The SMILES string of the molecule is C=CCOc1ccc(/C(O)=C2/C(=O)C(=O)N(CC=C)C2c2ccccc2)cc1. The highest BCUT2D eigenvalue weighted by Crippen LogP contribution is 2.39. The van der Waals surface area contributed by atoms with E-state index in [0.717, 1.165) is 5.56 Å². The number of carbonyl (C=O) groups excluding carboxylic acids is 2. The molecule has 2 aromatic rings. The van der Waals surface area contributed by atoms with Crippen LogP contribution in [-0.2, 0) is 9.59 Å². The molecule has 5 heteroatoms. The van der Waals surface area contributed by atoms with Crippen molar-refractivity contribution in [1.82, 2.24) is 4.90 Å². The first kappa shape index (κ1) is 19.2. The van der Waals surface area contributed by atoms with Crippen molar-refractivity contribution in [3.63, 3.8) is 0 Å². The number of aliphatic hydroxyl groups excluding tert-OH is 1. The number of ketones is 1. The average molecular weight is 375 g/mol. The molecule has 1 fully saturated rings. The Kier molecular flexibility index (Phi) is 5.75. The van der Waals surface area contributed by atoms with Crippen molar-refractivity contribution in [1.29, 1.82) is 0 Å². The smallest absolute Gasteiger partial charge is 0.295 e. The predicted molar refractivity (Wildman–Crippen MR) is 108 cm³/mol. The van der Waals surface area contributed by atoms with Crippen molar-refractivity contribution < 1.29 is 19.4 Å². The number of aliphatic hydroxyl groups is 1. The Morgan fingerprint density at radius 3 is 2.32 bits per heavy atom. The molecule has 28 heavy (non-hydrogen) atoms. The first-order valence-electron chi connectivity index (χ1n) is 8.87. The van der Waals surface area contributed by atoms with Crippen LogP contribution in [0.3, 0.4) is 0 Å². The molecule has 0 radical (unpaired) electrons. The van der Waals surface area contributed by atoms with Crippen LogP contribution in [0.15, 0.2) is 85.5 Å². The lowest BCUT2D eigenvalue weighted by Crippen LogP contribution is -2.29. The number of likely N-dealkylation sites (tertiary alicyclic amines) is 1. The van der Waals surface area contributed by atoms with E-state index in [1.807, 2.05) is 30.3 Å². The van der Waals surface area contributed by atoms with Crippen LogP contribution >= 0.6 is 0 Å². The molecule has 1 heterocycles. The molecule has 1 unspecified atom stereocenters. The standard InChI is InChI=1S/C23H21NO4/c1-3-14-24-20(16-8-6-5-7-9-16)19(22(26)23(24)27)21(25)17-10-12-18(13-11-17)28-15-4-2/h3-13,20,25H,1-2,14-15H2/b21-19-. The van der Waals surface area contributed by atoms with Crippen LogP contribution in [-0.4, -0.2) is 34.8 Å². The van der Waals surface area contributed by atoms with Gasteiger partial charge in [0.15, 0.2) is 0 Å². The van der Waals surface area contributed by atoms with Gasteiger partial charge in [0, 0.05) is 12.1 Å². The van der Waals surface area contributed by atoms with Gasteiger partial charge in [0.25, 0.3) is 11.7 Å². The van der Waals surface area contributed by atoms with Gasteiger partial charge in [0.1, 0.15) is 18.1 Å². The summed E-state index contributed by atoms with van der Waals surface area (Å²) in [7, 11) is 0. The molecule has 3 rings (SSSR count). The minimum Gasteiger partial charge on any atom is -0.507 e. The highest BCUT2D eigenvalue weighted by atomic mass is 16.5. The molecule has 2 aromatic carbocycles. The summed E-state index contributed by atoms with van der Waals surface area (Å²) < 4.78 is 5.44.